The number of hydrogen-bond donors (Lipinski definition) is 1. The number of hydrogen-bond acceptors (Lipinski definition) is 5. The predicted octanol–water partition coefficient (Wildman–Crippen LogP) is 3.85. The average Bonchev–Trinajstić information content (AvgIpc) is 3.12. The third-order valence-electron chi connectivity index (χ3n) is 4.50. The van der Waals surface area contributed by atoms with Gasteiger partial charge in [0.25, 0.3) is 10.0 Å². The Bertz CT molecular complexity index is 1260. The second kappa shape index (κ2) is 7.21. The molecule has 0 bridgehead atoms. The molecule has 4 aromatic rings. The van der Waals surface area contributed by atoms with Gasteiger partial charge in [0.1, 0.15) is 16.7 Å². The van der Waals surface area contributed by atoms with Crippen LogP contribution in [0.5, 0.6) is 5.75 Å². The predicted molar refractivity (Wildman–Crippen MR) is 112 cm³/mol. The topological polar surface area (TPSA) is 86.1 Å². The molecule has 0 saturated carbocycles. The molecule has 7 nitrogen and oxygen atoms in total. The van der Waals surface area contributed by atoms with Gasteiger partial charge in [-0.25, -0.2) is 8.42 Å². The van der Waals surface area contributed by atoms with Crippen LogP contribution < -0.4 is 9.46 Å². The van der Waals surface area contributed by atoms with Gasteiger partial charge in [-0.15, -0.1) is 15.0 Å². The summed E-state index contributed by atoms with van der Waals surface area (Å²) in [5.41, 5.74) is 4.16. The van der Waals surface area contributed by atoms with E-state index in [0.29, 0.717) is 17.1 Å². The number of aromatic nitrogens is 3. The highest BCUT2D eigenvalue weighted by atomic mass is 32.2. The summed E-state index contributed by atoms with van der Waals surface area (Å²) in [5.74, 6) is 0.339. The van der Waals surface area contributed by atoms with E-state index in [2.05, 4.69) is 14.9 Å². The molecule has 0 fully saturated rings. The maximum absolute atomic E-state index is 12.9. The Morgan fingerprint density at radius 2 is 1.52 bits per heavy atom. The lowest BCUT2D eigenvalue weighted by molar-refractivity contribution is 0.412. The van der Waals surface area contributed by atoms with Crippen molar-refractivity contribution in [3.8, 4) is 11.4 Å². The van der Waals surface area contributed by atoms with Crippen molar-refractivity contribution in [1.29, 1.82) is 0 Å². The van der Waals surface area contributed by atoms with Gasteiger partial charge in [0.05, 0.1) is 17.7 Å². The molecule has 0 spiro atoms. The van der Waals surface area contributed by atoms with E-state index in [9.17, 15) is 8.42 Å². The number of ether oxygens (including phenoxy) is 1. The van der Waals surface area contributed by atoms with Crippen molar-refractivity contribution in [2.75, 3.05) is 11.8 Å². The Morgan fingerprint density at radius 3 is 2.10 bits per heavy atom. The lowest BCUT2D eigenvalue weighted by atomic mass is 10.2. The quantitative estimate of drug-likeness (QED) is 0.542. The summed E-state index contributed by atoms with van der Waals surface area (Å²) < 4.78 is 33.9. The van der Waals surface area contributed by atoms with Gasteiger partial charge in [0, 0.05) is 0 Å². The fourth-order valence-electron chi connectivity index (χ4n) is 3.08. The second-order valence-electron chi connectivity index (χ2n) is 6.76. The van der Waals surface area contributed by atoms with Crippen LogP contribution in [0.15, 0.2) is 65.6 Å². The van der Waals surface area contributed by atoms with Crippen LogP contribution in [0.2, 0.25) is 0 Å². The minimum Gasteiger partial charge on any atom is -0.492 e. The van der Waals surface area contributed by atoms with Crippen molar-refractivity contribution in [2.24, 2.45) is 0 Å². The van der Waals surface area contributed by atoms with Crippen molar-refractivity contribution in [3.63, 3.8) is 0 Å². The first-order valence-electron chi connectivity index (χ1n) is 8.98. The van der Waals surface area contributed by atoms with Gasteiger partial charge in [0.15, 0.2) is 5.75 Å². The smallest absolute Gasteiger partial charge is 0.262 e. The molecule has 3 aromatic carbocycles. The Balaban J connectivity index is 1.81. The minimum atomic E-state index is -3.78. The van der Waals surface area contributed by atoms with Crippen LogP contribution in [0.25, 0.3) is 16.7 Å². The lowest BCUT2D eigenvalue weighted by Crippen LogP contribution is -2.15. The zero-order chi connectivity index (χ0) is 20.6. The minimum absolute atomic E-state index is 0.177. The molecule has 4 rings (SSSR count). The molecule has 0 aliphatic carbocycles. The van der Waals surface area contributed by atoms with E-state index in [1.165, 1.54) is 11.9 Å². The number of nitrogens with one attached hydrogen (secondary N) is 1. The van der Waals surface area contributed by atoms with E-state index in [4.69, 9.17) is 4.74 Å². The molecule has 0 radical (unpaired) electrons. The molecule has 148 valence electrons. The fraction of sp³-hybridized carbons (Fsp3) is 0.143. The van der Waals surface area contributed by atoms with Crippen molar-refractivity contribution < 1.29 is 13.2 Å². The van der Waals surface area contributed by atoms with E-state index in [0.717, 1.165) is 22.2 Å². The van der Waals surface area contributed by atoms with Crippen LogP contribution in [0.4, 0.5) is 5.69 Å². The zero-order valence-electron chi connectivity index (χ0n) is 16.2. The van der Waals surface area contributed by atoms with Gasteiger partial charge < -0.3 is 4.74 Å². The summed E-state index contributed by atoms with van der Waals surface area (Å²) in [5, 5.41) is 8.97. The lowest BCUT2D eigenvalue weighted by Gasteiger charge is -2.16. The largest absolute Gasteiger partial charge is 0.492 e. The highest BCUT2D eigenvalue weighted by Gasteiger charge is 2.20. The van der Waals surface area contributed by atoms with Gasteiger partial charge in [-0.05, 0) is 55.8 Å². The average molecular weight is 408 g/mol. The molecule has 0 unspecified atom stereocenters. The Labute approximate surface area is 169 Å². The molecule has 1 N–H and O–H groups in total. The van der Waals surface area contributed by atoms with Gasteiger partial charge in [-0.1, -0.05) is 29.8 Å². The maximum atomic E-state index is 12.9. The SMILES string of the molecule is COc1c(NS(=O)(=O)c2ccc(C)cc2)cc(C)cc1-n1nc2ccccc2n1. The summed E-state index contributed by atoms with van der Waals surface area (Å²) in [6, 6.07) is 17.7. The van der Waals surface area contributed by atoms with Crippen LogP contribution >= 0.6 is 0 Å². The third-order valence-corrected chi connectivity index (χ3v) is 5.88. The van der Waals surface area contributed by atoms with Crippen LogP contribution in [0, 0.1) is 13.8 Å². The standard InChI is InChI=1S/C21H20N4O3S/c1-14-8-10-16(11-9-14)29(26,27)24-19-12-15(2)13-20(21(19)28-3)25-22-17-6-4-5-7-18(17)23-25/h4-13,24H,1-3H3. The molecular weight excluding hydrogens is 388 g/mol. The number of anilines is 1. The fourth-order valence-corrected chi connectivity index (χ4v) is 4.13. The molecule has 1 heterocycles. The van der Waals surface area contributed by atoms with Crippen molar-refractivity contribution in [2.45, 2.75) is 18.7 Å². The molecule has 1 aromatic heterocycles. The number of rotatable bonds is 5. The third kappa shape index (κ3) is 3.66. The molecule has 8 heteroatoms. The first kappa shape index (κ1) is 18.9. The molecule has 29 heavy (non-hydrogen) atoms. The first-order chi connectivity index (χ1) is 13.9. The highest BCUT2D eigenvalue weighted by molar-refractivity contribution is 7.92. The molecule has 0 aliphatic rings. The Kier molecular flexibility index (Phi) is 4.71. The van der Waals surface area contributed by atoms with Gasteiger partial charge in [-0.3, -0.25) is 4.72 Å². The number of benzene rings is 3. The number of aryl methyl sites for hydroxylation is 2. The van der Waals surface area contributed by atoms with Crippen molar-refractivity contribution in [1.82, 2.24) is 15.0 Å². The second-order valence-corrected chi connectivity index (χ2v) is 8.44. The van der Waals surface area contributed by atoms with Crippen molar-refractivity contribution in [3.05, 3.63) is 71.8 Å². The summed E-state index contributed by atoms with van der Waals surface area (Å²) in [4.78, 5) is 1.64. The molecule has 0 atom stereocenters. The van der Waals surface area contributed by atoms with E-state index in [-0.39, 0.29) is 4.90 Å². The van der Waals surface area contributed by atoms with Crippen LogP contribution in [-0.4, -0.2) is 30.5 Å². The molecule has 0 saturated heterocycles. The number of methoxy groups -OCH3 is 1. The summed E-state index contributed by atoms with van der Waals surface area (Å²) in [7, 11) is -2.30. The van der Waals surface area contributed by atoms with E-state index >= 15 is 0 Å². The summed E-state index contributed by atoms with van der Waals surface area (Å²) in [6.45, 7) is 3.77. The normalized spacial score (nSPS) is 11.6. The number of sulfonamides is 1. The first-order valence-corrected chi connectivity index (χ1v) is 10.5. The van der Waals surface area contributed by atoms with Gasteiger partial charge in [0.2, 0.25) is 0 Å². The van der Waals surface area contributed by atoms with Crippen molar-refractivity contribution >= 4 is 26.7 Å². The van der Waals surface area contributed by atoms with E-state index in [1.54, 1.807) is 30.3 Å². The van der Waals surface area contributed by atoms with Gasteiger partial charge >= 0.3 is 0 Å². The Hall–Kier alpha value is -3.39. The highest BCUT2D eigenvalue weighted by Crippen LogP contribution is 2.34. The van der Waals surface area contributed by atoms with Crippen LogP contribution in [0.3, 0.4) is 0 Å². The number of nitrogens with zero attached hydrogens (tertiary/aromatic N) is 3. The van der Waals surface area contributed by atoms with Crippen LogP contribution in [0.1, 0.15) is 11.1 Å². The van der Waals surface area contributed by atoms with Gasteiger partial charge in [-0.2, -0.15) is 0 Å². The number of fused-ring (bicyclic) bond motifs is 1. The monoisotopic (exact) mass is 408 g/mol. The van der Waals surface area contributed by atoms with Crippen LogP contribution in [-0.2, 0) is 10.0 Å². The molecular formula is C21H20N4O3S. The van der Waals surface area contributed by atoms with E-state index < -0.39 is 10.0 Å². The summed E-state index contributed by atoms with van der Waals surface area (Å²) >= 11 is 0. The zero-order valence-corrected chi connectivity index (χ0v) is 17.1. The Morgan fingerprint density at radius 1 is 0.897 bits per heavy atom. The maximum Gasteiger partial charge on any atom is 0.262 e. The summed E-state index contributed by atoms with van der Waals surface area (Å²) in [6.07, 6.45) is 0. The molecule has 0 aliphatic heterocycles. The molecule has 0 amide bonds. The van der Waals surface area contributed by atoms with E-state index in [1.807, 2.05) is 44.2 Å².